The van der Waals surface area contributed by atoms with Gasteiger partial charge in [-0.1, -0.05) is 42.8 Å². The zero-order chi connectivity index (χ0) is 13.0. The Kier molecular flexibility index (Phi) is 4.34. The van der Waals surface area contributed by atoms with Crippen molar-refractivity contribution in [1.29, 1.82) is 0 Å². The quantitative estimate of drug-likeness (QED) is 0.791. The molecule has 0 spiro atoms. The highest BCUT2D eigenvalue weighted by Gasteiger charge is 2.10. The smallest absolute Gasteiger partial charge is 0.0301 e. The molecule has 2 nitrogen and oxygen atoms in total. The topological polar surface area (TPSA) is 52.0 Å². The van der Waals surface area contributed by atoms with Crippen LogP contribution in [0.4, 0.5) is 0 Å². The van der Waals surface area contributed by atoms with Crippen LogP contribution >= 0.6 is 0 Å². The van der Waals surface area contributed by atoms with E-state index in [1.807, 2.05) is 0 Å². The highest BCUT2D eigenvalue weighted by molar-refractivity contribution is 5.88. The first-order chi connectivity index (χ1) is 8.74. The van der Waals surface area contributed by atoms with Crippen LogP contribution in [0.25, 0.3) is 10.8 Å². The molecule has 2 aromatic rings. The van der Waals surface area contributed by atoms with E-state index < -0.39 is 0 Å². The van der Waals surface area contributed by atoms with Gasteiger partial charge >= 0.3 is 0 Å². The third-order valence-electron chi connectivity index (χ3n) is 3.54. The lowest BCUT2D eigenvalue weighted by molar-refractivity contribution is 0.594. The van der Waals surface area contributed by atoms with Gasteiger partial charge in [0.15, 0.2) is 0 Å². The number of hydrogen-bond acceptors (Lipinski definition) is 2. The average molecular weight is 242 g/mol. The highest BCUT2D eigenvalue weighted by atomic mass is 14.6. The molecule has 1 atom stereocenters. The van der Waals surface area contributed by atoms with Crippen molar-refractivity contribution in [2.45, 2.75) is 32.2 Å². The Balaban J connectivity index is 2.30. The normalized spacial score (nSPS) is 12.8. The summed E-state index contributed by atoms with van der Waals surface area (Å²) in [5.74, 6) is 0. The summed E-state index contributed by atoms with van der Waals surface area (Å²) < 4.78 is 0. The monoisotopic (exact) mass is 242 g/mol. The molecule has 18 heavy (non-hydrogen) atoms. The standard InChI is InChI=1S/C16H22N2/c1-12-9-10-15(16(18)8-4-5-11-17)14-7-3-2-6-13(12)14/h2-3,6-7,9-10,16H,4-5,8,11,17-18H2,1H3/t16-/m0/s1. The van der Waals surface area contributed by atoms with Crippen molar-refractivity contribution in [3.05, 3.63) is 47.5 Å². The number of unbranched alkanes of at least 4 members (excludes halogenated alkanes) is 1. The maximum absolute atomic E-state index is 6.31. The lowest BCUT2D eigenvalue weighted by Crippen LogP contribution is -2.11. The summed E-state index contributed by atoms with van der Waals surface area (Å²) in [7, 11) is 0. The maximum atomic E-state index is 6.31. The molecular formula is C16H22N2. The van der Waals surface area contributed by atoms with Crippen LogP contribution in [0.15, 0.2) is 36.4 Å². The zero-order valence-corrected chi connectivity index (χ0v) is 11.0. The Labute approximate surface area is 109 Å². The van der Waals surface area contributed by atoms with Crippen LogP contribution in [0.2, 0.25) is 0 Å². The summed E-state index contributed by atoms with van der Waals surface area (Å²) >= 11 is 0. The predicted octanol–water partition coefficient (Wildman–Crippen LogP) is 3.28. The number of nitrogens with two attached hydrogens (primary N) is 2. The molecule has 0 saturated carbocycles. The van der Waals surface area contributed by atoms with E-state index in [1.54, 1.807) is 0 Å². The third-order valence-corrected chi connectivity index (χ3v) is 3.54. The van der Waals surface area contributed by atoms with E-state index in [0.29, 0.717) is 0 Å². The Bertz CT molecular complexity index is 519. The summed E-state index contributed by atoms with van der Waals surface area (Å²) in [5, 5.41) is 2.60. The molecule has 96 valence electrons. The van der Waals surface area contributed by atoms with Crippen molar-refractivity contribution < 1.29 is 0 Å². The van der Waals surface area contributed by atoms with Crippen molar-refractivity contribution in [3.63, 3.8) is 0 Å². The van der Waals surface area contributed by atoms with Crippen molar-refractivity contribution in [3.8, 4) is 0 Å². The molecule has 2 heteroatoms. The van der Waals surface area contributed by atoms with E-state index in [0.717, 1.165) is 25.8 Å². The molecule has 0 amide bonds. The van der Waals surface area contributed by atoms with Crippen LogP contribution in [0.5, 0.6) is 0 Å². The van der Waals surface area contributed by atoms with E-state index in [4.69, 9.17) is 11.5 Å². The van der Waals surface area contributed by atoms with Crippen LogP contribution in [0.3, 0.4) is 0 Å². The first-order valence-electron chi connectivity index (χ1n) is 6.68. The van der Waals surface area contributed by atoms with E-state index >= 15 is 0 Å². The minimum absolute atomic E-state index is 0.113. The van der Waals surface area contributed by atoms with Crippen LogP contribution in [0, 0.1) is 6.92 Å². The van der Waals surface area contributed by atoms with Crippen molar-refractivity contribution in [2.75, 3.05) is 6.54 Å². The summed E-state index contributed by atoms with van der Waals surface area (Å²) in [6.45, 7) is 2.90. The first kappa shape index (κ1) is 13.1. The Morgan fingerprint density at radius 2 is 1.72 bits per heavy atom. The van der Waals surface area contributed by atoms with Gasteiger partial charge in [0.1, 0.15) is 0 Å². The van der Waals surface area contributed by atoms with Gasteiger partial charge in [-0.2, -0.15) is 0 Å². The van der Waals surface area contributed by atoms with E-state index in [-0.39, 0.29) is 6.04 Å². The molecule has 4 N–H and O–H groups in total. The Hall–Kier alpha value is -1.38. The molecule has 0 aromatic heterocycles. The van der Waals surface area contributed by atoms with Gasteiger partial charge < -0.3 is 11.5 Å². The summed E-state index contributed by atoms with van der Waals surface area (Å²) in [5.41, 5.74) is 14.4. The Morgan fingerprint density at radius 3 is 2.44 bits per heavy atom. The lowest BCUT2D eigenvalue weighted by Gasteiger charge is -2.15. The predicted molar refractivity (Wildman–Crippen MR) is 78.5 cm³/mol. The molecule has 0 aliphatic heterocycles. The van der Waals surface area contributed by atoms with Gasteiger partial charge in [-0.25, -0.2) is 0 Å². The molecule has 0 saturated heterocycles. The second kappa shape index (κ2) is 5.98. The van der Waals surface area contributed by atoms with Crippen LogP contribution < -0.4 is 11.5 Å². The van der Waals surface area contributed by atoms with E-state index in [2.05, 4.69) is 43.3 Å². The van der Waals surface area contributed by atoms with Crippen LogP contribution in [0.1, 0.15) is 36.4 Å². The average Bonchev–Trinajstić information content (AvgIpc) is 2.39. The molecule has 0 radical (unpaired) electrons. The molecule has 0 fully saturated rings. The molecule has 0 aliphatic carbocycles. The summed E-state index contributed by atoms with van der Waals surface area (Å²) in [4.78, 5) is 0. The second-order valence-electron chi connectivity index (χ2n) is 4.91. The molecule has 2 aromatic carbocycles. The minimum Gasteiger partial charge on any atom is -0.330 e. The number of benzene rings is 2. The maximum Gasteiger partial charge on any atom is 0.0301 e. The molecule has 2 rings (SSSR count). The Morgan fingerprint density at radius 1 is 1.00 bits per heavy atom. The van der Waals surface area contributed by atoms with Gasteiger partial charge in [0.2, 0.25) is 0 Å². The van der Waals surface area contributed by atoms with Crippen molar-refractivity contribution in [1.82, 2.24) is 0 Å². The summed E-state index contributed by atoms with van der Waals surface area (Å²) in [6, 6.07) is 12.9. The second-order valence-corrected chi connectivity index (χ2v) is 4.91. The van der Waals surface area contributed by atoms with Gasteiger partial charge in [0, 0.05) is 6.04 Å². The number of rotatable bonds is 5. The zero-order valence-electron chi connectivity index (χ0n) is 11.0. The molecule has 0 aliphatic rings. The SMILES string of the molecule is Cc1ccc([C@@H](N)CCCCN)c2ccccc12. The summed E-state index contributed by atoms with van der Waals surface area (Å²) in [6.07, 6.45) is 3.15. The molecule has 0 bridgehead atoms. The minimum atomic E-state index is 0.113. The number of fused-ring (bicyclic) bond motifs is 1. The van der Waals surface area contributed by atoms with Gasteiger partial charge in [0.05, 0.1) is 0 Å². The first-order valence-corrected chi connectivity index (χ1v) is 6.68. The van der Waals surface area contributed by atoms with Crippen LogP contribution in [-0.4, -0.2) is 6.54 Å². The van der Waals surface area contributed by atoms with Crippen molar-refractivity contribution in [2.24, 2.45) is 11.5 Å². The molecular weight excluding hydrogens is 220 g/mol. The third kappa shape index (κ3) is 2.71. The van der Waals surface area contributed by atoms with Gasteiger partial charge in [0.25, 0.3) is 0 Å². The molecule has 0 heterocycles. The molecule has 0 unspecified atom stereocenters. The van der Waals surface area contributed by atoms with E-state index in [1.165, 1.54) is 21.9 Å². The van der Waals surface area contributed by atoms with Crippen LogP contribution in [-0.2, 0) is 0 Å². The van der Waals surface area contributed by atoms with Gasteiger partial charge in [-0.15, -0.1) is 0 Å². The van der Waals surface area contributed by atoms with Gasteiger partial charge in [-0.05, 0) is 48.2 Å². The number of aryl methyl sites for hydroxylation is 1. The lowest BCUT2D eigenvalue weighted by atomic mass is 9.94. The van der Waals surface area contributed by atoms with Gasteiger partial charge in [-0.3, -0.25) is 0 Å². The van der Waals surface area contributed by atoms with Crippen molar-refractivity contribution >= 4 is 10.8 Å². The fourth-order valence-electron chi connectivity index (χ4n) is 2.46. The highest BCUT2D eigenvalue weighted by Crippen LogP contribution is 2.28. The largest absolute Gasteiger partial charge is 0.330 e. The van der Waals surface area contributed by atoms with E-state index in [9.17, 15) is 0 Å². The fourth-order valence-corrected chi connectivity index (χ4v) is 2.46. The fraction of sp³-hybridized carbons (Fsp3) is 0.375. The number of hydrogen-bond donors (Lipinski definition) is 2.